The highest BCUT2D eigenvalue weighted by atomic mass is 79.9. The van der Waals surface area contributed by atoms with Crippen LogP contribution in [0.5, 0.6) is 0 Å². The number of anilines is 1. The van der Waals surface area contributed by atoms with E-state index in [0.717, 1.165) is 4.47 Å². The van der Waals surface area contributed by atoms with Gasteiger partial charge in [0.1, 0.15) is 5.69 Å². The summed E-state index contributed by atoms with van der Waals surface area (Å²) in [4.78, 5) is 38.4. The zero-order valence-corrected chi connectivity index (χ0v) is 19.8. The first-order chi connectivity index (χ1) is 15.8. The van der Waals surface area contributed by atoms with Crippen LogP contribution in [0.15, 0.2) is 82.1 Å². The highest BCUT2D eigenvalue weighted by Crippen LogP contribution is 2.31. The summed E-state index contributed by atoms with van der Waals surface area (Å²) in [6.45, 7) is -0.504. The zero-order valence-electron chi connectivity index (χ0n) is 17.5. The topological polar surface area (TPSA) is 77.4 Å². The number of benzene rings is 3. The molecular formula is C25H18BrClN2O4. The molecule has 0 unspecified atom stereocenters. The number of halogens is 2. The number of amides is 1. The van der Waals surface area contributed by atoms with Gasteiger partial charge in [0.15, 0.2) is 6.61 Å². The van der Waals surface area contributed by atoms with E-state index < -0.39 is 18.5 Å². The summed E-state index contributed by atoms with van der Waals surface area (Å²) in [6, 6.07) is 21.0. The maximum Gasteiger partial charge on any atom is 0.356 e. The molecule has 4 aromatic rings. The second-order valence-corrected chi connectivity index (χ2v) is 8.62. The van der Waals surface area contributed by atoms with Crippen LogP contribution in [0.2, 0.25) is 5.02 Å². The largest absolute Gasteiger partial charge is 0.451 e. The minimum Gasteiger partial charge on any atom is -0.451 e. The van der Waals surface area contributed by atoms with E-state index in [1.54, 1.807) is 72.8 Å². The molecule has 0 aliphatic rings. The number of carbonyl (C=O) groups excluding carboxylic acids is 2. The second kappa shape index (κ2) is 9.60. The molecule has 0 aliphatic heterocycles. The molecule has 1 N–H and O–H groups in total. The summed E-state index contributed by atoms with van der Waals surface area (Å²) in [5, 5.41) is 4.28. The Balaban J connectivity index is 1.69. The molecule has 0 fully saturated rings. The van der Waals surface area contributed by atoms with Crippen LogP contribution in [0, 0.1) is 0 Å². The molecule has 3 aromatic carbocycles. The molecule has 1 aromatic heterocycles. The maximum absolute atomic E-state index is 13.1. The van der Waals surface area contributed by atoms with E-state index in [1.165, 1.54) is 11.6 Å². The molecule has 0 saturated carbocycles. The number of nitrogens with one attached hydrogen (secondary N) is 1. The zero-order chi connectivity index (χ0) is 23.5. The van der Waals surface area contributed by atoms with Crippen LogP contribution >= 0.6 is 27.5 Å². The minimum absolute atomic E-state index is 0.0532. The average molecular weight is 526 g/mol. The van der Waals surface area contributed by atoms with Crippen molar-refractivity contribution in [2.45, 2.75) is 0 Å². The summed E-state index contributed by atoms with van der Waals surface area (Å²) in [5.74, 6) is -1.28. The van der Waals surface area contributed by atoms with Gasteiger partial charge in [0, 0.05) is 33.2 Å². The van der Waals surface area contributed by atoms with E-state index in [0.29, 0.717) is 32.6 Å². The normalized spacial score (nSPS) is 10.8. The fourth-order valence-electron chi connectivity index (χ4n) is 3.54. The van der Waals surface area contributed by atoms with Gasteiger partial charge in [-0.05, 0) is 53.4 Å². The Kier molecular flexibility index (Phi) is 6.62. The number of pyridine rings is 1. The highest BCUT2D eigenvalue weighted by molar-refractivity contribution is 9.10. The van der Waals surface area contributed by atoms with E-state index >= 15 is 0 Å². The predicted molar refractivity (Wildman–Crippen MR) is 133 cm³/mol. The van der Waals surface area contributed by atoms with Gasteiger partial charge in [0.05, 0.1) is 0 Å². The first-order valence-electron chi connectivity index (χ1n) is 9.95. The number of nitrogens with zero attached hydrogens (tertiary/aromatic N) is 1. The molecular weight excluding hydrogens is 508 g/mol. The van der Waals surface area contributed by atoms with Gasteiger partial charge in [0.25, 0.3) is 11.5 Å². The lowest BCUT2D eigenvalue weighted by Crippen LogP contribution is -2.28. The first-order valence-corrected chi connectivity index (χ1v) is 11.1. The third kappa shape index (κ3) is 4.84. The van der Waals surface area contributed by atoms with Gasteiger partial charge in [-0.3, -0.25) is 9.59 Å². The molecule has 1 amide bonds. The first kappa shape index (κ1) is 22.8. The predicted octanol–water partition coefficient (Wildman–Crippen LogP) is 5.42. The molecule has 0 radical (unpaired) electrons. The standard InChI is InChI=1S/C25H18BrClN2O4/c1-29-23(25(32)33-14-21(30)28-18-12-8-16(26)9-13-18)22(15-6-10-17(27)11-7-15)19-4-2-3-5-20(19)24(29)31/h2-13H,14H2,1H3,(H,28,30). The van der Waals surface area contributed by atoms with Crippen LogP contribution in [0.4, 0.5) is 5.69 Å². The van der Waals surface area contributed by atoms with Crippen molar-refractivity contribution in [3.63, 3.8) is 0 Å². The van der Waals surface area contributed by atoms with E-state index in [2.05, 4.69) is 21.2 Å². The van der Waals surface area contributed by atoms with Crippen molar-refractivity contribution in [2.75, 3.05) is 11.9 Å². The van der Waals surface area contributed by atoms with E-state index in [1.807, 2.05) is 0 Å². The van der Waals surface area contributed by atoms with Crippen molar-refractivity contribution in [1.29, 1.82) is 0 Å². The second-order valence-electron chi connectivity index (χ2n) is 7.27. The Bertz CT molecular complexity index is 1410. The Morgan fingerprint density at radius 3 is 2.27 bits per heavy atom. The van der Waals surface area contributed by atoms with Crippen molar-refractivity contribution in [1.82, 2.24) is 4.57 Å². The van der Waals surface area contributed by atoms with Crippen LogP contribution < -0.4 is 10.9 Å². The fourth-order valence-corrected chi connectivity index (χ4v) is 3.93. The van der Waals surface area contributed by atoms with Crippen LogP contribution in [0.3, 0.4) is 0 Å². The molecule has 166 valence electrons. The molecule has 4 rings (SSSR count). The van der Waals surface area contributed by atoms with Crippen molar-refractivity contribution in [3.8, 4) is 11.1 Å². The molecule has 1 heterocycles. The van der Waals surface area contributed by atoms with Gasteiger partial charge in [-0.15, -0.1) is 0 Å². The molecule has 0 atom stereocenters. The van der Waals surface area contributed by atoms with Crippen LogP contribution in [0.25, 0.3) is 21.9 Å². The lowest BCUT2D eigenvalue weighted by atomic mass is 9.97. The molecule has 33 heavy (non-hydrogen) atoms. The van der Waals surface area contributed by atoms with Gasteiger partial charge in [-0.1, -0.05) is 57.9 Å². The number of carbonyl (C=O) groups is 2. The molecule has 8 heteroatoms. The minimum atomic E-state index is -0.781. The monoisotopic (exact) mass is 524 g/mol. The van der Waals surface area contributed by atoms with Gasteiger partial charge in [-0.25, -0.2) is 4.79 Å². The number of ether oxygens (including phenoxy) is 1. The number of fused-ring (bicyclic) bond motifs is 1. The van der Waals surface area contributed by atoms with Gasteiger partial charge >= 0.3 is 5.97 Å². The van der Waals surface area contributed by atoms with Crippen molar-refractivity contribution in [3.05, 3.63) is 98.3 Å². The van der Waals surface area contributed by atoms with E-state index in [-0.39, 0.29) is 11.3 Å². The molecule has 0 aliphatic carbocycles. The van der Waals surface area contributed by atoms with Gasteiger partial charge in [-0.2, -0.15) is 0 Å². The maximum atomic E-state index is 13.1. The number of esters is 1. The van der Waals surface area contributed by atoms with Crippen LogP contribution in [-0.2, 0) is 16.6 Å². The van der Waals surface area contributed by atoms with Crippen molar-refractivity contribution in [2.24, 2.45) is 7.05 Å². The average Bonchev–Trinajstić information content (AvgIpc) is 2.82. The summed E-state index contributed by atoms with van der Waals surface area (Å²) < 4.78 is 7.44. The van der Waals surface area contributed by atoms with Crippen molar-refractivity contribution >= 4 is 55.9 Å². The third-order valence-corrected chi connectivity index (χ3v) is 5.87. The SMILES string of the molecule is Cn1c(C(=O)OCC(=O)Nc2ccc(Br)cc2)c(-c2ccc(Cl)cc2)c2ccccc2c1=O. The summed E-state index contributed by atoms with van der Waals surface area (Å²) >= 11 is 9.37. The summed E-state index contributed by atoms with van der Waals surface area (Å²) in [7, 11) is 1.51. The van der Waals surface area contributed by atoms with Crippen molar-refractivity contribution < 1.29 is 14.3 Å². The van der Waals surface area contributed by atoms with Gasteiger partial charge < -0.3 is 14.6 Å². The Morgan fingerprint density at radius 2 is 1.61 bits per heavy atom. The lowest BCUT2D eigenvalue weighted by molar-refractivity contribution is -0.119. The third-order valence-electron chi connectivity index (χ3n) is 5.09. The highest BCUT2D eigenvalue weighted by Gasteiger charge is 2.23. The number of hydrogen-bond acceptors (Lipinski definition) is 4. The molecule has 0 bridgehead atoms. The summed E-state index contributed by atoms with van der Waals surface area (Å²) in [5.41, 5.74) is 1.51. The van der Waals surface area contributed by atoms with E-state index in [9.17, 15) is 14.4 Å². The number of rotatable bonds is 5. The number of aromatic nitrogens is 1. The molecule has 0 saturated heterocycles. The quantitative estimate of drug-likeness (QED) is 0.353. The fraction of sp³-hybridized carbons (Fsp3) is 0.0800. The molecule has 6 nitrogen and oxygen atoms in total. The lowest BCUT2D eigenvalue weighted by Gasteiger charge is -2.17. The van der Waals surface area contributed by atoms with Crippen LogP contribution in [0.1, 0.15) is 10.5 Å². The Hall–Kier alpha value is -3.42. The Labute approximate surface area is 202 Å². The number of hydrogen-bond donors (Lipinski definition) is 1. The summed E-state index contributed by atoms with van der Waals surface area (Å²) in [6.07, 6.45) is 0. The Morgan fingerprint density at radius 1 is 0.970 bits per heavy atom. The van der Waals surface area contributed by atoms with E-state index in [4.69, 9.17) is 16.3 Å². The molecule has 0 spiro atoms. The van der Waals surface area contributed by atoms with Gasteiger partial charge in [0.2, 0.25) is 0 Å². The van der Waals surface area contributed by atoms with Crippen LogP contribution in [-0.4, -0.2) is 23.1 Å². The smallest absolute Gasteiger partial charge is 0.356 e.